The second-order valence-electron chi connectivity index (χ2n) is 3.97. The van der Waals surface area contributed by atoms with E-state index in [4.69, 9.17) is 5.11 Å². The lowest BCUT2D eigenvalue weighted by Gasteiger charge is -2.16. The van der Waals surface area contributed by atoms with Gasteiger partial charge in [-0.25, -0.2) is 4.39 Å². The Morgan fingerprint density at radius 2 is 2.13 bits per heavy atom. The maximum Gasteiger partial charge on any atom is 0.123 e. The molecule has 0 aliphatic rings. The van der Waals surface area contributed by atoms with E-state index in [1.807, 2.05) is 19.9 Å². The number of halogens is 1. The molecule has 0 saturated heterocycles. The van der Waals surface area contributed by atoms with E-state index in [0.29, 0.717) is 0 Å². The van der Waals surface area contributed by atoms with Crippen LogP contribution in [-0.4, -0.2) is 18.3 Å². The Balaban J connectivity index is 2.50. The van der Waals surface area contributed by atoms with Gasteiger partial charge in [0.05, 0.1) is 0 Å². The van der Waals surface area contributed by atoms with Crippen molar-refractivity contribution < 1.29 is 9.50 Å². The average Bonchev–Trinajstić information content (AvgIpc) is 2.25. The normalized spacial score (nSPS) is 14.9. The van der Waals surface area contributed by atoms with Crippen LogP contribution in [0.15, 0.2) is 24.3 Å². The third-order valence-electron chi connectivity index (χ3n) is 2.43. The SMILES string of the molecule is CC(CO)CNC(C)c1cccc(F)c1. The Hall–Kier alpha value is -0.930. The first-order chi connectivity index (χ1) is 7.13. The molecule has 0 aromatic heterocycles. The zero-order valence-electron chi connectivity index (χ0n) is 9.20. The minimum Gasteiger partial charge on any atom is -0.396 e. The minimum absolute atomic E-state index is 0.106. The number of aliphatic hydroxyl groups is 1. The van der Waals surface area contributed by atoms with Crippen LogP contribution < -0.4 is 5.32 Å². The van der Waals surface area contributed by atoms with Crippen LogP contribution in [0.4, 0.5) is 4.39 Å². The summed E-state index contributed by atoms with van der Waals surface area (Å²) in [4.78, 5) is 0. The molecule has 1 aromatic rings. The predicted molar refractivity (Wildman–Crippen MR) is 59.1 cm³/mol. The lowest BCUT2D eigenvalue weighted by Crippen LogP contribution is -2.26. The Morgan fingerprint density at radius 1 is 1.40 bits per heavy atom. The molecule has 0 aliphatic carbocycles. The molecule has 1 aromatic carbocycles. The molecular formula is C12H18FNO. The molecule has 0 saturated carbocycles. The fourth-order valence-electron chi connectivity index (χ4n) is 1.34. The first-order valence-corrected chi connectivity index (χ1v) is 5.23. The lowest BCUT2D eigenvalue weighted by atomic mass is 10.1. The number of nitrogens with one attached hydrogen (secondary N) is 1. The molecule has 0 fully saturated rings. The highest BCUT2D eigenvalue weighted by Crippen LogP contribution is 2.13. The van der Waals surface area contributed by atoms with Gasteiger partial charge >= 0.3 is 0 Å². The fourth-order valence-corrected chi connectivity index (χ4v) is 1.34. The van der Waals surface area contributed by atoms with Gasteiger partial charge in [-0.1, -0.05) is 19.1 Å². The number of aliphatic hydroxyl groups excluding tert-OH is 1. The van der Waals surface area contributed by atoms with Gasteiger partial charge < -0.3 is 10.4 Å². The third kappa shape index (κ3) is 3.98. The van der Waals surface area contributed by atoms with E-state index >= 15 is 0 Å². The summed E-state index contributed by atoms with van der Waals surface area (Å²) in [7, 11) is 0. The van der Waals surface area contributed by atoms with E-state index in [-0.39, 0.29) is 24.4 Å². The molecule has 0 radical (unpaired) electrons. The van der Waals surface area contributed by atoms with Crippen LogP contribution in [0.3, 0.4) is 0 Å². The van der Waals surface area contributed by atoms with Crippen LogP contribution in [0.25, 0.3) is 0 Å². The quantitative estimate of drug-likeness (QED) is 0.781. The Labute approximate surface area is 90.1 Å². The van der Waals surface area contributed by atoms with Gasteiger partial charge in [0.1, 0.15) is 5.82 Å². The molecule has 1 rings (SSSR count). The number of benzene rings is 1. The average molecular weight is 211 g/mol. The van der Waals surface area contributed by atoms with Gasteiger partial charge in [-0.15, -0.1) is 0 Å². The van der Waals surface area contributed by atoms with Gasteiger partial charge in [-0.2, -0.15) is 0 Å². The van der Waals surface area contributed by atoms with E-state index in [2.05, 4.69) is 5.32 Å². The molecule has 2 unspecified atom stereocenters. The molecule has 3 heteroatoms. The molecule has 0 spiro atoms. The second kappa shape index (κ2) is 5.83. The summed E-state index contributed by atoms with van der Waals surface area (Å²) in [6.45, 7) is 4.85. The number of hydrogen-bond acceptors (Lipinski definition) is 2. The molecule has 2 atom stereocenters. The highest BCUT2D eigenvalue weighted by Gasteiger charge is 2.07. The molecule has 15 heavy (non-hydrogen) atoms. The summed E-state index contributed by atoms with van der Waals surface area (Å²) in [5.41, 5.74) is 0.931. The summed E-state index contributed by atoms with van der Waals surface area (Å²) >= 11 is 0. The van der Waals surface area contributed by atoms with Crippen LogP contribution in [-0.2, 0) is 0 Å². The van der Waals surface area contributed by atoms with Gasteiger partial charge in [-0.3, -0.25) is 0 Å². The third-order valence-corrected chi connectivity index (χ3v) is 2.43. The summed E-state index contributed by atoms with van der Waals surface area (Å²) in [6.07, 6.45) is 0. The highest BCUT2D eigenvalue weighted by molar-refractivity contribution is 5.19. The topological polar surface area (TPSA) is 32.3 Å². The highest BCUT2D eigenvalue weighted by atomic mass is 19.1. The molecule has 0 aliphatic heterocycles. The summed E-state index contributed by atoms with van der Waals surface area (Å²) in [5.74, 6) is 0.0114. The van der Waals surface area contributed by atoms with Gasteiger partial charge in [0.15, 0.2) is 0 Å². The lowest BCUT2D eigenvalue weighted by molar-refractivity contribution is 0.231. The standard InChI is InChI=1S/C12H18FNO/c1-9(8-15)7-14-10(2)11-4-3-5-12(13)6-11/h3-6,9-10,14-15H,7-8H2,1-2H3. The van der Waals surface area contributed by atoms with Crippen molar-refractivity contribution in [2.45, 2.75) is 19.9 Å². The number of rotatable bonds is 5. The Morgan fingerprint density at radius 3 is 2.73 bits per heavy atom. The van der Waals surface area contributed by atoms with E-state index in [9.17, 15) is 4.39 Å². The van der Waals surface area contributed by atoms with Gasteiger partial charge in [-0.05, 0) is 30.5 Å². The summed E-state index contributed by atoms with van der Waals surface area (Å²) in [5, 5.41) is 12.1. The van der Waals surface area contributed by atoms with E-state index < -0.39 is 0 Å². The first-order valence-electron chi connectivity index (χ1n) is 5.23. The largest absolute Gasteiger partial charge is 0.396 e. The predicted octanol–water partition coefficient (Wildman–Crippen LogP) is 2.10. The molecule has 2 nitrogen and oxygen atoms in total. The van der Waals surface area contributed by atoms with Gasteiger partial charge in [0.2, 0.25) is 0 Å². The second-order valence-corrected chi connectivity index (χ2v) is 3.97. The van der Waals surface area contributed by atoms with E-state index in [1.165, 1.54) is 12.1 Å². The monoisotopic (exact) mass is 211 g/mol. The van der Waals surface area contributed by atoms with E-state index in [0.717, 1.165) is 12.1 Å². The zero-order chi connectivity index (χ0) is 11.3. The maximum atomic E-state index is 12.9. The van der Waals surface area contributed by atoms with Crippen molar-refractivity contribution in [3.63, 3.8) is 0 Å². The minimum atomic E-state index is -0.212. The van der Waals surface area contributed by atoms with Crippen LogP contribution in [0, 0.1) is 11.7 Å². The van der Waals surface area contributed by atoms with Gasteiger partial charge in [0.25, 0.3) is 0 Å². The molecule has 0 heterocycles. The first kappa shape index (κ1) is 12.1. The number of hydrogen-bond donors (Lipinski definition) is 2. The van der Waals surface area contributed by atoms with Crippen LogP contribution in [0.1, 0.15) is 25.5 Å². The van der Waals surface area contributed by atoms with Crippen molar-refractivity contribution in [2.24, 2.45) is 5.92 Å². The molecule has 0 bridgehead atoms. The van der Waals surface area contributed by atoms with Crippen LogP contribution in [0.2, 0.25) is 0 Å². The van der Waals surface area contributed by atoms with Crippen molar-refractivity contribution in [3.05, 3.63) is 35.6 Å². The molecule has 0 amide bonds. The van der Waals surface area contributed by atoms with Crippen molar-refractivity contribution >= 4 is 0 Å². The fraction of sp³-hybridized carbons (Fsp3) is 0.500. The smallest absolute Gasteiger partial charge is 0.123 e. The molecule has 84 valence electrons. The van der Waals surface area contributed by atoms with Crippen molar-refractivity contribution in [1.82, 2.24) is 5.32 Å². The van der Waals surface area contributed by atoms with Crippen molar-refractivity contribution in [1.29, 1.82) is 0 Å². The Bertz CT molecular complexity index is 303. The van der Waals surface area contributed by atoms with Crippen LogP contribution in [0.5, 0.6) is 0 Å². The summed E-state index contributed by atoms with van der Waals surface area (Å²) < 4.78 is 12.9. The summed E-state index contributed by atoms with van der Waals surface area (Å²) in [6, 6.07) is 6.67. The van der Waals surface area contributed by atoms with Gasteiger partial charge in [0, 0.05) is 19.2 Å². The Kier molecular flexibility index (Phi) is 4.72. The van der Waals surface area contributed by atoms with Crippen LogP contribution >= 0.6 is 0 Å². The molecule has 2 N–H and O–H groups in total. The van der Waals surface area contributed by atoms with Crippen molar-refractivity contribution in [3.8, 4) is 0 Å². The maximum absolute atomic E-state index is 12.9. The zero-order valence-corrected chi connectivity index (χ0v) is 9.20. The van der Waals surface area contributed by atoms with E-state index in [1.54, 1.807) is 6.07 Å². The molecular weight excluding hydrogens is 193 g/mol. The van der Waals surface area contributed by atoms with Crippen molar-refractivity contribution in [2.75, 3.05) is 13.2 Å².